The highest BCUT2D eigenvalue weighted by atomic mass is 16.5. The molecule has 2 aliphatic heterocycles. The van der Waals surface area contributed by atoms with E-state index in [-0.39, 0.29) is 11.9 Å². The van der Waals surface area contributed by atoms with Crippen molar-refractivity contribution in [2.45, 2.75) is 25.3 Å². The predicted molar refractivity (Wildman–Crippen MR) is 96.6 cm³/mol. The van der Waals surface area contributed by atoms with Crippen LogP contribution >= 0.6 is 0 Å². The first-order chi connectivity index (χ1) is 12.1. The van der Waals surface area contributed by atoms with E-state index in [4.69, 9.17) is 4.74 Å². The molecule has 1 aromatic rings. The zero-order valence-corrected chi connectivity index (χ0v) is 15.6. The Morgan fingerprint density at radius 3 is 2.60 bits per heavy atom. The zero-order chi connectivity index (χ0) is 17.6. The number of carbonyl (C=O) groups excluding carboxylic acids is 1. The summed E-state index contributed by atoms with van der Waals surface area (Å²) in [5.74, 6) is 0.0610. The van der Waals surface area contributed by atoms with E-state index in [9.17, 15) is 4.79 Å². The van der Waals surface area contributed by atoms with E-state index in [1.807, 2.05) is 24.2 Å². The number of aromatic nitrogens is 2. The number of hydrogen-bond acceptors (Lipinski definition) is 5. The summed E-state index contributed by atoms with van der Waals surface area (Å²) < 4.78 is 7.17. The fraction of sp³-hybridized carbons (Fsp3) is 0.778. The second kappa shape index (κ2) is 8.78. The third kappa shape index (κ3) is 5.03. The molecule has 0 N–H and O–H groups in total. The molecule has 25 heavy (non-hydrogen) atoms. The van der Waals surface area contributed by atoms with Crippen LogP contribution in [0.5, 0.6) is 0 Å². The average molecular weight is 349 g/mol. The van der Waals surface area contributed by atoms with Gasteiger partial charge in [0.2, 0.25) is 0 Å². The molecule has 1 amide bonds. The van der Waals surface area contributed by atoms with Crippen molar-refractivity contribution in [2.24, 2.45) is 7.05 Å². The van der Waals surface area contributed by atoms with E-state index in [1.165, 1.54) is 0 Å². The van der Waals surface area contributed by atoms with Crippen molar-refractivity contribution >= 4 is 5.91 Å². The Morgan fingerprint density at radius 2 is 1.96 bits per heavy atom. The molecular formula is C18H31N5O2. The summed E-state index contributed by atoms with van der Waals surface area (Å²) in [4.78, 5) is 19.9. The number of aryl methyl sites for hydroxylation is 1. The summed E-state index contributed by atoms with van der Waals surface area (Å²) in [7, 11) is 4.03. The molecule has 3 heterocycles. The van der Waals surface area contributed by atoms with Crippen LogP contribution in [0.2, 0.25) is 0 Å². The van der Waals surface area contributed by atoms with Gasteiger partial charge in [0, 0.05) is 65.2 Å². The predicted octanol–water partition coefficient (Wildman–Crippen LogP) is 0.679. The second-order valence-electron chi connectivity index (χ2n) is 7.22. The van der Waals surface area contributed by atoms with Crippen LogP contribution < -0.4 is 0 Å². The van der Waals surface area contributed by atoms with Crippen molar-refractivity contribution in [3.8, 4) is 0 Å². The van der Waals surface area contributed by atoms with Crippen LogP contribution in [-0.2, 0) is 11.8 Å². The number of rotatable bonds is 6. The first kappa shape index (κ1) is 18.4. The first-order valence-corrected chi connectivity index (χ1v) is 9.43. The lowest BCUT2D eigenvalue weighted by Gasteiger charge is -2.36. The van der Waals surface area contributed by atoms with Crippen LogP contribution in [0.25, 0.3) is 0 Å². The fourth-order valence-electron chi connectivity index (χ4n) is 3.66. The van der Waals surface area contributed by atoms with Gasteiger partial charge in [0.05, 0.1) is 0 Å². The summed E-state index contributed by atoms with van der Waals surface area (Å²) in [5.41, 5.74) is 0.550. The lowest BCUT2D eigenvalue weighted by atomic mass is 10.1. The van der Waals surface area contributed by atoms with Crippen LogP contribution in [0, 0.1) is 0 Å². The lowest BCUT2D eigenvalue weighted by Crippen LogP contribution is -2.47. The standard InChI is InChI=1S/C18H31N5O2/c1-20-10-12-22(13-11-20)7-3-8-23(16-5-14-25-15-6-16)18(24)17-4-9-21(2)19-17/h4,9,16H,3,5-8,10-15H2,1-2H3. The highest BCUT2D eigenvalue weighted by molar-refractivity contribution is 5.92. The van der Waals surface area contributed by atoms with Crippen molar-refractivity contribution in [3.05, 3.63) is 18.0 Å². The van der Waals surface area contributed by atoms with Crippen molar-refractivity contribution in [3.63, 3.8) is 0 Å². The number of piperazine rings is 1. The van der Waals surface area contributed by atoms with Gasteiger partial charge in [-0.15, -0.1) is 0 Å². The van der Waals surface area contributed by atoms with Gasteiger partial charge in [-0.1, -0.05) is 0 Å². The minimum Gasteiger partial charge on any atom is -0.381 e. The Hall–Kier alpha value is -1.44. The molecule has 2 saturated heterocycles. The SMILES string of the molecule is CN1CCN(CCCN(C(=O)c2ccn(C)n2)C2CCOCC2)CC1. The van der Waals surface area contributed by atoms with Gasteiger partial charge in [-0.25, -0.2) is 0 Å². The minimum atomic E-state index is 0.0610. The van der Waals surface area contributed by atoms with Crippen LogP contribution in [0.1, 0.15) is 29.8 Å². The molecule has 7 nitrogen and oxygen atoms in total. The summed E-state index contributed by atoms with van der Waals surface area (Å²) in [5, 5.41) is 4.31. The quantitative estimate of drug-likeness (QED) is 0.756. The van der Waals surface area contributed by atoms with Gasteiger partial charge in [0.1, 0.15) is 5.69 Å². The maximum atomic E-state index is 13.0. The third-order valence-electron chi connectivity index (χ3n) is 5.29. The molecular weight excluding hydrogens is 318 g/mol. The molecule has 140 valence electrons. The lowest BCUT2D eigenvalue weighted by molar-refractivity contribution is 0.0272. The summed E-state index contributed by atoms with van der Waals surface area (Å²) in [6.45, 7) is 7.87. The molecule has 0 atom stereocenters. The summed E-state index contributed by atoms with van der Waals surface area (Å²) in [6, 6.07) is 2.09. The van der Waals surface area contributed by atoms with E-state index in [2.05, 4.69) is 21.9 Å². The van der Waals surface area contributed by atoms with Crippen LogP contribution in [0.15, 0.2) is 12.3 Å². The van der Waals surface area contributed by atoms with Crippen LogP contribution in [0.3, 0.4) is 0 Å². The average Bonchev–Trinajstić information content (AvgIpc) is 3.07. The van der Waals surface area contributed by atoms with Crippen LogP contribution in [-0.4, -0.2) is 96.0 Å². The van der Waals surface area contributed by atoms with Crippen molar-refractivity contribution < 1.29 is 9.53 Å². The monoisotopic (exact) mass is 349 g/mol. The molecule has 7 heteroatoms. The van der Waals surface area contributed by atoms with Gasteiger partial charge in [-0.2, -0.15) is 5.10 Å². The normalized spacial score (nSPS) is 20.7. The largest absolute Gasteiger partial charge is 0.381 e. The molecule has 0 saturated carbocycles. The molecule has 0 unspecified atom stereocenters. The number of hydrogen-bond donors (Lipinski definition) is 0. The van der Waals surface area contributed by atoms with Crippen molar-refractivity contribution in [2.75, 3.05) is 59.5 Å². The molecule has 0 aromatic carbocycles. The second-order valence-corrected chi connectivity index (χ2v) is 7.22. The smallest absolute Gasteiger partial charge is 0.274 e. The van der Waals surface area contributed by atoms with E-state index >= 15 is 0 Å². The van der Waals surface area contributed by atoms with Gasteiger partial charge in [-0.3, -0.25) is 9.48 Å². The summed E-state index contributed by atoms with van der Waals surface area (Å²) >= 11 is 0. The number of carbonyl (C=O) groups is 1. The molecule has 0 spiro atoms. The Bertz CT molecular complexity index is 547. The Labute approximate surface area is 150 Å². The topological polar surface area (TPSA) is 53.8 Å². The molecule has 2 aliphatic rings. The highest BCUT2D eigenvalue weighted by Gasteiger charge is 2.27. The van der Waals surface area contributed by atoms with E-state index in [0.717, 1.165) is 71.7 Å². The molecule has 0 radical (unpaired) electrons. The van der Waals surface area contributed by atoms with E-state index in [1.54, 1.807) is 4.68 Å². The number of likely N-dealkylation sites (N-methyl/N-ethyl adjacent to an activating group) is 1. The third-order valence-corrected chi connectivity index (χ3v) is 5.29. The van der Waals surface area contributed by atoms with Gasteiger partial charge in [0.15, 0.2) is 0 Å². The Balaban J connectivity index is 1.57. The fourth-order valence-corrected chi connectivity index (χ4v) is 3.66. The van der Waals surface area contributed by atoms with E-state index < -0.39 is 0 Å². The van der Waals surface area contributed by atoms with Gasteiger partial charge in [0.25, 0.3) is 5.91 Å². The van der Waals surface area contributed by atoms with Crippen molar-refractivity contribution in [1.82, 2.24) is 24.5 Å². The minimum absolute atomic E-state index is 0.0610. The highest BCUT2D eigenvalue weighted by Crippen LogP contribution is 2.18. The van der Waals surface area contributed by atoms with E-state index in [0.29, 0.717) is 5.69 Å². The maximum Gasteiger partial charge on any atom is 0.274 e. The summed E-state index contributed by atoms with van der Waals surface area (Å²) in [6.07, 6.45) is 4.69. The van der Waals surface area contributed by atoms with Crippen molar-refractivity contribution in [1.29, 1.82) is 0 Å². The Morgan fingerprint density at radius 1 is 1.24 bits per heavy atom. The van der Waals surface area contributed by atoms with Gasteiger partial charge < -0.3 is 19.4 Å². The maximum absolute atomic E-state index is 13.0. The van der Waals surface area contributed by atoms with Crippen LogP contribution in [0.4, 0.5) is 0 Å². The number of nitrogens with zero attached hydrogens (tertiary/aromatic N) is 5. The van der Waals surface area contributed by atoms with Gasteiger partial charge >= 0.3 is 0 Å². The zero-order valence-electron chi connectivity index (χ0n) is 15.6. The molecule has 0 aliphatic carbocycles. The molecule has 2 fully saturated rings. The molecule has 0 bridgehead atoms. The molecule has 1 aromatic heterocycles. The Kier molecular flexibility index (Phi) is 6.45. The van der Waals surface area contributed by atoms with Gasteiger partial charge in [-0.05, 0) is 38.9 Å². The molecule has 3 rings (SSSR count). The first-order valence-electron chi connectivity index (χ1n) is 9.43. The number of ether oxygens (including phenoxy) is 1. The number of amides is 1.